The number of halogens is 2. The molecule has 166 valence electrons. The van der Waals surface area contributed by atoms with Crippen molar-refractivity contribution in [3.8, 4) is 0 Å². The first-order valence-electron chi connectivity index (χ1n) is 9.84. The van der Waals surface area contributed by atoms with Gasteiger partial charge in [-0.15, -0.1) is 0 Å². The molecule has 3 N–H and O–H groups in total. The molecular weight excluding hydrogens is 417 g/mol. The third-order valence-corrected chi connectivity index (χ3v) is 4.80. The van der Waals surface area contributed by atoms with Crippen LogP contribution in [0.1, 0.15) is 72.4 Å². The fourth-order valence-electron chi connectivity index (χ4n) is 2.77. The van der Waals surface area contributed by atoms with Crippen LogP contribution in [0.15, 0.2) is 6.33 Å². The van der Waals surface area contributed by atoms with Crippen molar-refractivity contribution in [2.75, 3.05) is 0 Å². The highest BCUT2D eigenvalue weighted by Gasteiger charge is 2.32. The molecule has 1 aliphatic rings. The molecule has 0 aromatic carbocycles. The fraction of sp³-hybridized carbons (Fsp3) is 0.650. The molecule has 0 bridgehead atoms. The van der Waals surface area contributed by atoms with E-state index in [1.165, 1.54) is 13.8 Å². The van der Waals surface area contributed by atoms with Crippen molar-refractivity contribution in [2.24, 2.45) is 5.92 Å². The predicted molar refractivity (Wildman–Crippen MR) is 118 cm³/mol. The van der Waals surface area contributed by atoms with Gasteiger partial charge in [-0.1, -0.05) is 50.9 Å². The van der Waals surface area contributed by atoms with E-state index in [9.17, 15) is 4.79 Å². The van der Waals surface area contributed by atoms with Crippen LogP contribution in [0.25, 0.3) is 11.2 Å². The number of rotatable bonds is 2. The summed E-state index contributed by atoms with van der Waals surface area (Å²) in [5.74, 6) is -2.54. The molecule has 2 aromatic heterocycles. The van der Waals surface area contributed by atoms with Crippen molar-refractivity contribution >= 4 is 40.3 Å². The van der Waals surface area contributed by atoms with E-state index in [2.05, 4.69) is 9.97 Å². The first kappa shape index (κ1) is 27.6. The van der Waals surface area contributed by atoms with Crippen molar-refractivity contribution in [3.05, 3.63) is 22.1 Å². The van der Waals surface area contributed by atoms with Crippen LogP contribution in [0.3, 0.4) is 0 Å². The van der Waals surface area contributed by atoms with Gasteiger partial charge in [0.05, 0.1) is 17.3 Å². The smallest absolute Gasteiger partial charge is 0.306 e. The van der Waals surface area contributed by atoms with Crippen LogP contribution in [0.4, 0.5) is 0 Å². The first-order chi connectivity index (χ1) is 13.5. The largest absolute Gasteiger partial charge is 0.481 e. The summed E-state index contributed by atoms with van der Waals surface area (Å²) < 4.78 is 1.90. The van der Waals surface area contributed by atoms with Gasteiger partial charge in [0.2, 0.25) is 0 Å². The van der Waals surface area contributed by atoms with E-state index in [1.54, 1.807) is 13.3 Å². The number of nitrogens with zero attached hydrogens (tertiary/aromatic N) is 3. The molecule has 7 nitrogen and oxygen atoms in total. The molecule has 0 spiro atoms. The number of carbonyl (C=O) groups is 1. The average Bonchev–Trinajstić information content (AvgIpc) is 3.29. The Bertz CT molecular complexity index is 782. The van der Waals surface area contributed by atoms with Crippen LogP contribution in [0, 0.1) is 12.8 Å². The Balaban J connectivity index is 0.000000752. The summed E-state index contributed by atoms with van der Waals surface area (Å²) in [5, 5.41) is 26.1. The summed E-state index contributed by atoms with van der Waals surface area (Å²) in [6.45, 7) is 12.4. The maximum Gasteiger partial charge on any atom is 0.306 e. The van der Waals surface area contributed by atoms with Crippen LogP contribution in [-0.2, 0) is 4.79 Å². The number of imidazole rings is 1. The molecule has 1 saturated carbocycles. The van der Waals surface area contributed by atoms with E-state index in [0.717, 1.165) is 6.42 Å². The van der Waals surface area contributed by atoms with E-state index in [-0.39, 0.29) is 12.0 Å². The Kier molecular flexibility index (Phi) is 11.7. The van der Waals surface area contributed by atoms with Gasteiger partial charge in [-0.3, -0.25) is 4.79 Å². The van der Waals surface area contributed by atoms with Crippen LogP contribution < -0.4 is 0 Å². The van der Waals surface area contributed by atoms with Gasteiger partial charge in [0, 0.05) is 11.6 Å². The molecular formula is C20H33Cl2N3O4. The molecule has 2 unspecified atom stereocenters. The average molecular weight is 450 g/mol. The Morgan fingerprint density at radius 3 is 2.14 bits per heavy atom. The summed E-state index contributed by atoms with van der Waals surface area (Å²) in [7, 11) is 0. The van der Waals surface area contributed by atoms with Gasteiger partial charge in [-0.2, -0.15) is 0 Å². The monoisotopic (exact) mass is 449 g/mol. The molecule has 9 heteroatoms. The molecule has 0 radical (unpaired) electrons. The highest BCUT2D eigenvalue weighted by molar-refractivity contribution is 6.38. The zero-order chi connectivity index (χ0) is 22.9. The third kappa shape index (κ3) is 8.09. The molecule has 2 atom stereocenters. The van der Waals surface area contributed by atoms with Gasteiger partial charge in [-0.25, -0.2) is 9.97 Å². The molecule has 2 heterocycles. The van der Waals surface area contributed by atoms with Crippen molar-refractivity contribution in [1.82, 2.24) is 14.5 Å². The van der Waals surface area contributed by atoms with Gasteiger partial charge in [0.15, 0.2) is 11.4 Å². The van der Waals surface area contributed by atoms with Gasteiger partial charge >= 0.3 is 5.97 Å². The minimum atomic E-state index is -1.50. The minimum absolute atomic E-state index is 0.0865. The van der Waals surface area contributed by atoms with Crippen LogP contribution in [-0.4, -0.2) is 41.6 Å². The molecule has 0 aliphatic heterocycles. The van der Waals surface area contributed by atoms with E-state index >= 15 is 0 Å². The predicted octanol–water partition coefficient (Wildman–Crippen LogP) is 5.23. The highest BCUT2D eigenvalue weighted by Crippen LogP contribution is 2.38. The van der Waals surface area contributed by atoms with E-state index in [1.807, 2.05) is 32.3 Å². The van der Waals surface area contributed by atoms with Crippen molar-refractivity contribution in [1.29, 1.82) is 0 Å². The highest BCUT2D eigenvalue weighted by atomic mass is 35.5. The molecule has 0 saturated heterocycles. The minimum Gasteiger partial charge on any atom is -0.481 e. The quantitative estimate of drug-likeness (QED) is 0.427. The summed E-state index contributed by atoms with van der Waals surface area (Å²) >= 11 is 12.3. The Hall–Kier alpha value is -1.41. The second kappa shape index (κ2) is 12.3. The fourth-order valence-corrected chi connectivity index (χ4v) is 3.21. The standard InChI is InChI=1S/C13H13Cl2N3O2.C3H8O2.2C2H6/c1-6-9(14)10-12(17-11(6)15)18(5-16-10)8-3-2-7(4-8)13(19)20;1-3(2,4)5;2*1-2/h5,7-8H,2-4H2,1H3,(H,19,20);4-5H,1-2H3;2*1-2H3. The maximum absolute atomic E-state index is 11.1. The van der Waals surface area contributed by atoms with Gasteiger partial charge < -0.3 is 19.9 Å². The second-order valence-electron chi connectivity index (χ2n) is 6.66. The summed E-state index contributed by atoms with van der Waals surface area (Å²) in [6.07, 6.45) is 3.74. The summed E-state index contributed by atoms with van der Waals surface area (Å²) in [6, 6.07) is 0.0865. The number of aliphatic carboxylic acids is 1. The first-order valence-corrected chi connectivity index (χ1v) is 10.6. The molecule has 2 aromatic rings. The van der Waals surface area contributed by atoms with E-state index in [0.29, 0.717) is 39.7 Å². The lowest BCUT2D eigenvalue weighted by Gasteiger charge is -2.12. The molecule has 1 fully saturated rings. The number of hydrogen-bond acceptors (Lipinski definition) is 5. The van der Waals surface area contributed by atoms with Gasteiger partial charge in [0.1, 0.15) is 10.7 Å². The second-order valence-corrected chi connectivity index (χ2v) is 7.40. The maximum atomic E-state index is 11.1. The van der Waals surface area contributed by atoms with Crippen LogP contribution in [0.5, 0.6) is 0 Å². The van der Waals surface area contributed by atoms with E-state index < -0.39 is 11.8 Å². The van der Waals surface area contributed by atoms with Gasteiger partial charge in [-0.05, 0) is 40.0 Å². The topological polar surface area (TPSA) is 108 Å². The lowest BCUT2D eigenvalue weighted by Crippen LogP contribution is -2.15. The number of aliphatic hydroxyl groups is 2. The van der Waals surface area contributed by atoms with E-state index in [4.69, 9.17) is 38.5 Å². The number of aromatic nitrogens is 3. The third-order valence-electron chi connectivity index (χ3n) is 3.97. The summed E-state index contributed by atoms with van der Waals surface area (Å²) in [4.78, 5) is 19.7. The Morgan fingerprint density at radius 2 is 1.69 bits per heavy atom. The number of pyridine rings is 1. The van der Waals surface area contributed by atoms with Crippen LogP contribution >= 0.6 is 23.2 Å². The molecule has 29 heavy (non-hydrogen) atoms. The Morgan fingerprint density at radius 1 is 1.17 bits per heavy atom. The molecule has 1 aliphatic carbocycles. The number of carboxylic acids is 1. The lowest BCUT2D eigenvalue weighted by atomic mass is 10.1. The molecule has 3 rings (SSSR count). The SMILES string of the molecule is CC.CC.CC(C)(O)O.Cc1c(Cl)nc2c(ncn2C2CCC(C(=O)O)C2)c1Cl. The lowest BCUT2D eigenvalue weighted by molar-refractivity contribution is -0.141. The molecule has 0 amide bonds. The summed E-state index contributed by atoms with van der Waals surface area (Å²) in [5.41, 5.74) is 1.95. The zero-order valence-electron chi connectivity index (χ0n) is 18.2. The van der Waals surface area contributed by atoms with Gasteiger partial charge in [0.25, 0.3) is 0 Å². The normalized spacial score (nSPS) is 18.0. The number of hydrogen-bond donors (Lipinski definition) is 3. The number of carboxylic acid groups (broad SMARTS) is 1. The zero-order valence-corrected chi connectivity index (χ0v) is 19.7. The number of fused-ring (bicyclic) bond motifs is 1. The van der Waals surface area contributed by atoms with Crippen LogP contribution in [0.2, 0.25) is 10.2 Å². The Labute approximate surface area is 182 Å². The van der Waals surface area contributed by atoms with Crippen molar-refractivity contribution in [2.45, 2.75) is 79.6 Å². The van der Waals surface area contributed by atoms with Crippen molar-refractivity contribution in [3.63, 3.8) is 0 Å². The van der Waals surface area contributed by atoms with Crippen molar-refractivity contribution < 1.29 is 20.1 Å².